The molecule has 1 heterocycles. The lowest BCUT2D eigenvalue weighted by Crippen LogP contribution is -2.47. The Morgan fingerprint density at radius 1 is 1.24 bits per heavy atom. The third-order valence-electron chi connectivity index (χ3n) is 3.91. The molecule has 2 rings (SSSR count). The summed E-state index contributed by atoms with van der Waals surface area (Å²) in [6, 6.07) is 0.782. The van der Waals surface area contributed by atoms with Crippen LogP contribution in [0.1, 0.15) is 25.7 Å². The first-order valence-corrected chi connectivity index (χ1v) is 6.51. The smallest absolute Gasteiger partial charge is 0.227 e. The van der Waals surface area contributed by atoms with E-state index in [-0.39, 0.29) is 17.9 Å². The molecule has 17 heavy (non-hydrogen) atoms. The van der Waals surface area contributed by atoms with Crippen LogP contribution in [-0.2, 0) is 9.53 Å². The van der Waals surface area contributed by atoms with E-state index < -0.39 is 0 Å². The highest BCUT2D eigenvalue weighted by molar-refractivity contribution is 5.80. The summed E-state index contributed by atoms with van der Waals surface area (Å²) >= 11 is 0. The van der Waals surface area contributed by atoms with E-state index in [1.54, 1.807) is 0 Å². The molecule has 0 aromatic carbocycles. The zero-order valence-electron chi connectivity index (χ0n) is 10.4. The number of rotatable bonds is 3. The molecule has 0 bridgehead atoms. The molecule has 5 heteroatoms. The highest BCUT2D eigenvalue weighted by Crippen LogP contribution is 2.19. The number of hydrogen-bond donors (Lipinski definition) is 3. The summed E-state index contributed by atoms with van der Waals surface area (Å²) in [5.41, 5.74) is 5.85. The highest BCUT2D eigenvalue weighted by atomic mass is 16.5. The van der Waals surface area contributed by atoms with E-state index in [4.69, 9.17) is 10.5 Å². The van der Waals surface area contributed by atoms with Crippen molar-refractivity contribution in [3.05, 3.63) is 0 Å². The quantitative estimate of drug-likeness (QED) is 0.629. The van der Waals surface area contributed by atoms with Crippen molar-refractivity contribution in [3.63, 3.8) is 0 Å². The summed E-state index contributed by atoms with van der Waals surface area (Å²) < 4.78 is 5.34. The average Bonchev–Trinajstić information content (AvgIpc) is 2.80. The fourth-order valence-electron chi connectivity index (χ4n) is 2.67. The van der Waals surface area contributed by atoms with Gasteiger partial charge in [0.25, 0.3) is 0 Å². The maximum Gasteiger partial charge on any atom is 0.227 e. The fourth-order valence-corrected chi connectivity index (χ4v) is 2.67. The van der Waals surface area contributed by atoms with Crippen molar-refractivity contribution in [1.82, 2.24) is 10.6 Å². The molecule has 2 fully saturated rings. The summed E-state index contributed by atoms with van der Waals surface area (Å²) in [5.74, 6) is 0.0814. The Morgan fingerprint density at radius 2 is 1.94 bits per heavy atom. The molecule has 2 unspecified atom stereocenters. The summed E-state index contributed by atoms with van der Waals surface area (Å²) in [6.45, 7) is 1.16. The average molecular weight is 241 g/mol. The zero-order chi connectivity index (χ0) is 12.3. The minimum atomic E-state index is -0.0457. The second-order valence-corrected chi connectivity index (χ2v) is 5.16. The third-order valence-corrected chi connectivity index (χ3v) is 3.91. The number of nitrogens with two attached hydrogens (primary N) is 1. The minimum absolute atomic E-state index is 0.0457. The van der Waals surface area contributed by atoms with Gasteiger partial charge in [0.1, 0.15) is 0 Å². The predicted molar refractivity (Wildman–Crippen MR) is 65.5 cm³/mol. The van der Waals surface area contributed by atoms with Crippen LogP contribution < -0.4 is 16.4 Å². The maximum absolute atomic E-state index is 12.1. The summed E-state index contributed by atoms with van der Waals surface area (Å²) in [4.78, 5) is 12.1. The van der Waals surface area contributed by atoms with E-state index in [1.165, 1.54) is 0 Å². The Morgan fingerprint density at radius 3 is 2.59 bits per heavy atom. The number of amides is 1. The van der Waals surface area contributed by atoms with Gasteiger partial charge in [-0.2, -0.15) is 0 Å². The van der Waals surface area contributed by atoms with Crippen LogP contribution in [-0.4, -0.2) is 44.3 Å². The first kappa shape index (κ1) is 12.8. The van der Waals surface area contributed by atoms with Crippen LogP contribution in [0.5, 0.6) is 0 Å². The number of carbonyl (C=O) groups is 1. The third kappa shape index (κ3) is 3.18. The largest absolute Gasteiger partial charge is 0.379 e. The van der Waals surface area contributed by atoms with Crippen molar-refractivity contribution >= 4 is 5.91 Å². The lowest BCUT2D eigenvalue weighted by atomic mass is 9.91. The van der Waals surface area contributed by atoms with Gasteiger partial charge in [0.05, 0.1) is 19.1 Å². The van der Waals surface area contributed by atoms with Gasteiger partial charge >= 0.3 is 0 Å². The summed E-state index contributed by atoms with van der Waals surface area (Å²) in [7, 11) is 1.87. The SMILES string of the molecule is CNC1COCC1C(=O)NC1CCC(N)CC1. The minimum Gasteiger partial charge on any atom is -0.379 e. The molecule has 5 nitrogen and oxygen atoms in total. The van der Waals surface area contributed by atoms with Crippen molar-refractivity contribution in [3.8, 4) is 0 Å². The molecule has 1 saturated carbocycles. The van der Waals surface area contributed by atoms with Crippen LogP contribution in [0.4, 0.5) is 0 Å². The summed E-state index contributed by atoms with van der Waals surface area (Å²) in [5, 5.41) is 6.26. The lowest BCUT2D eigenvalue weighted by Gasteiger charge is -2.28. The van der Waals surface area contributed by atoms with E-state index in [2.05, 4.69) is 10.6 Å². The molecule has 2 atom stereocenters. The topological polar surface area (TPSA) is 76.4 Å². The van der Waals surface area contributed by atoms with Crippen molar-refractivity contribution in [2.75, 3.05) is 20.3 Å². The van der Waals surface area contributed by atoms with Gasteiger partial charge in [0.2, 0.25) is 5.91 Å². The van der Waals surface area contributed by atoms with Crippen molar-refractivity contribution in [2.45, 2.75) is 43.8 Å². The molecular formula is C12H23N3O2. The Bertz CT molecular complexity index is 264. The molecule has 0 spiro atoms. The molecule has 0 aromatic rings. The Labute approximate surface area is 102 Å². The van der Waals surface area contributed by atoms with Crippen LogP contribution in [0.3, 0.4) is 0 Å². The Kier molecular flexibility index (Phi) is 4.36. The lowest BCUT2D eigenvalue weighted by molar-refractivity contribution is -0.126. The van der Waals surface area contributed by atoms with Gasteiger partial charge in [0.15, 0.2) is 0 Å². The Balaban J connectivity index is 1.80. The van der Waals surface area contributed by atoms with Gasteiger partial charge in [-0.15, -0.1) is 0 Å². The fraction of sp³-hybridized carbons (Fsp3) is 0.917. The molecule has 1 amide bonds. The standard InChI is InChI=1S/C12H23N3O2/c1-14-11-7-17-6-10(11)12(16)15-9-4-2-8(13)3-5-9/h8-11,14H,2-7,13H2,1H3,(H,15,16). The van der Waals surface area contributed by atoms with Gasteiger partial charge in [0, 0.05) is 18.1 Å². The van der Waals surface area contributed by atoms with E-state index >= 15 is 0 Å². The maximum atomic E-state index is 12.1. The Hall–Kier alpha value is -0.650. The van der Waals surface area contributed by atoms with E-state index in [0.29, 0.717) is 25.3 Å². The predicted octanol–water partition coefficient (Wildman–Crippen LogP) is -0.393. The van der Waals surface area contributed by atoms with Gasteiger partial charge in [-0.3, -0.25) is 4.79 Å². The number of nitrogens with one attached hydrogen (secondary N) is 2. The molecule has 1 aliphatic carbocycles. The molecule has 4 N–H and O–H groups in total. The van der Waals surface area contributed by atoms with E-state index in [1.807, 2.05) is 7.05 Å². The molecule has 2 aliphatic rings. The summed E-state index contributed by atoms with van der Waals surface area (Å²) in [6.07, 6.45) is 4.04. The molecule has 0 aromatic heterocycles. The first-order chi connectivity index (χ1) is 8.20. The highest BCUT2D eigenvalue weighted by Gasteiger charge is 2.34. The van der Waals surface area contributed by atoms with Crippen LogP contribution in [0.25, 0.3) is 0 Å². The van der Waals surface area contributed by atoms with Crippen molar-refractivity contribution in [2.24, 2.45) is 11.7 Å². The molecule has 0 radical (unpaired) electrons. The monoisotopic (exact) mass is 241 g/mol. The van der Waals surface area contributed by atoms with Crippen LogP contribution in [0.15, 0.2) is 0 Å². The normalized spacial score (nSPS) is 38.0. The number of carbonyl (C=O) groups excluding carboxylic acids is 1. The molecule has 98 valence electrons. The molecule has 1 saturated heterocycles. The number of ether oxygens (including phenoxy) is 1. The second kappa shape index (κ2) is 5.80. The van der Waals surface area contributed by atoms with Crippen LogP contribution in [0.2, 0.25) is 0 Å². The first-order valence-electron chi connectivity index (χ1n) is 6.51. The van der Waals surface area contributed by atoms with Gasteiger partial charge in [-0.05, 0) is 32.7 Å². The molecule has 1 aliphatic heterocycles. The van der Waals surface area contributed by atoms with E-state index in [9.17, 15) is 4.79 Å². The van der Waals surface area contributed by atoms with Crippen molar-refractivity contribution in [1.29, 1.82) is 0 Å². The van der Waals surface area contributed by atoms with Gasteiger partial charge in [-0.25, -0.2) is 0 Å². The molecular weight excluding hydrogens is 218 g/mol. The van der Waals surface area contributed by atoms with Crippen molar-refractivity contribution < 1.29 is 9.53 Å². The van der Waals surface area contributed by atoms with Crippen LogP contribution >= 0.6 is 0 Å². The number of hydrogen-bond acceptors (Lipinski definition) is 4. The zero-order valence-corrected chi connectivity index (χ0v) is 10.4. The number of likely N-dealkylation sites (N-methyl/N-ethyl adjacent to an activating group) is 1. The second-order valence-electron chi connectivity index (χ2n) is 5.16. The van der Waals surface area contributed by atoms with E-state index in [0.717, 1.165) is 25.7 Å². The van der Waals surface area contributed by atoms with Gasteiger partial charge in [-0.1, -0.05) is 0 Å². The van der Waals surface area contributed by atoms with Gasteiger partial charge < -0.3 is 21.1 Å². The van der Waals surface area contributed by atoms with Crippen LogP contribution in [0, 0.1) is 5.92 Å².